The molecule has 29 heavy (non-hydrogen) atoms. The highest BCUT2D eigenvalue weighted by Crippen LogP contribution is 2.42. The molecule has 1 fully saturated rings. The predicted molar refractivity (Wildman–Crippen MR) is 116 cm³/mol. The number of methoxy groups -OCH3 is 1. The van der Waals surface area contributed by atoms with Crippen molar-refractivity contribution in [3.8, 4) is 0 Å². The number of carbonyl (C=O) groups is 1. The fraction of sp³-hybridized carbons (Fsp3) is 0.435. The van der Waals surface area contributed by atoms with Crippen molar-refractivity contribution in [2.75, 3.05) is 32.6 Å². The Morgan fingerprint density at radius 1 is 1.24 bits per heavy atom. The molecule has 1 aliphatic heterocycles. The van der Waals surface area contributed by atoms with Gasteiger partial charge in [-0.3, -0.25) is 4.79 Å². The average Bonchev–Trinajstić information content (AvgIpc) is 3.47. The number of likely N-dealkylation sites (N-methyl/N-ethyl adjacent to an activating group) is 1. The molecule has 0 spiro atoms. The monoisotopic (exact) mass is 413 g/mol. The van der Waals surface area contributed by atoms with Gasteiger partial charge in [-0.05, 0) is 65.3 Å². The number of carbonyl (C=O) groups excluding carboxylic acids is 1. The zero-order valence-corrected chi connectivity index (χ0v) is 17.8. The minimum atomic E-state index is -0.500. The van der Waals surface area contributed by atoms with Gasteiger partial charge in [0, 0.05) is 44.5 Å². The lowest BCUT2D eigenvalue weighted by molar-refractivity contribution is -0.131. The molecule has 1 saturated carbocycles. The van der Waals surface area contributed by atoms with Gasteiger partial charge in [-0.2, -0.15) is 0 Å². The number of ether oxygens (including phenoxy) is 1. The maximum absolute atomic E-state index is 13.3. The van der Waals surface area contributed by atoms with Gasteiger partial charge in [-0.15, -0.1) is 0 Å². The Labute approximate surface area is 177 Å². The van der Waals surface area contributed by atoms with Crippen LogP contribution in [0.5, 0.6) is 0 Å². The molecule has 1 heterocycles. The standard InChI is InChI=1S/C23H28ClN3O2/c1-27(7-8-29-2)23(28)22(18-9-17(15-3-4-15)10-20(24)11-18)26-21-6-5-16-13-25-14-19(16)12-21/h5-6,9-12,15,22,25-26H,3-4,7-8,13-14H2,1-2H3/t22-/m1/s1. The fourth-order valence-electron chi connectivity index (χ4n) is 3.85. The van der Waals surface area contributed by atoms with E-state index in [0.717, 1.165) is 24.3 Å². The van der Waals surface area contributed by atoms with Crippen molar-refractivity contribution < 1.29 is 9.53 Å². The zero-order chi connectivity index (χ0) is 20.4. The summed E-state index contributed by atoms with van der Waals surface area (Å²) < 4.78 is 5.15. The molecular weight excluding hydrogens is 386 g/mol. The Balaban J connectivity index is 1.64. The Bertz CT molecular complexity index is 898. The lowest BCUT2D eigenvalue weighted by Gasteiger charge is -2.26. The van der Waals surface area contributed by atoms with Crippen molar-refractivity contribution in [2.45, 2.75) is 37.9 Å². The summed E-state index contributed by atoms with van der Waals surface area (Å²) in [4.78, 5) is 15.1. The number of nitrogens with one attached hydrogen (secondary N) is 2. The van der Waals surface area contributed by atoms with Crippen LogP contribution in [0.25, 0.3) is 0 Å². The van der Waals surface area contributed by atoms with Crippen LogP contribution in [0.1, 0.15) is 47.1 Å². The highest BCUT2D eigenvalue weighted by Gasteiger charge is 2.28. The van der Waals surface area contributed by atoms with E-state index in [9.17, 15) is 4.79 Å². The van der Waals surface area contributed by atoms with Crippen LogP contribution >= 0.6 is 11.6 Å². The summed E-state index contributed by atoms with van der Waals surface area (Å²) in [6, 6.07) is 11.9. The largest absolute Gasteiger partial charge is 0.383 e. The van der Waals surface area contributed by atoms with Gasteiger partial charge < -0.3 is 20.3 Å². The van der Waals surface area contributed by atoms with E-state index in [1.54, 1.807) is 12.0 Å². The van der Waals surface area contributed by atoms with Gasteiger partial charge in [-0.1, -0.05) is 23.7 Å². The summed E-state index contributed by atoms with van der Waals surface area (Å²) in [6.45, 7) is 2.80. The van der Waals surface area contributed by atoms with Gasteiger partial charge in [0.05, 0.1) is 6.61 Å². The Morgan fingerprint density at radius 2 is 2.03 bits per heavy atom. The molecule has 1 atom stereocenters. The van der Waals surface area contributed by atoms with E-state index in [1.165, 1.54) is 29.5 Å². The molecule has 0 aromatic heterocycles. The van der Waals surface area contributed by atoms with Crippen LogP contribution in [0, 0.1) is 0 Å². The van der Waals surface area contributed by atoms with E-state index < -0.39 is 6.04 Å². The van der Waals surface area contributed by atoms with Crippen LogP contribution in [0.2, 0.25) is 5.02 Å². The normalized spacial score (nSPS) is 16.4. The van der Waals surface area contributed by atoms with Crippen molar-refractivity contribution in [1.82, 2.24) is 10.2 Å². The summed E-state index contributed by atoms with van der Waals surface area (Å²) >= 11 is 6.43. The third-order valence-electron chi connectivity index (χ3n) is 5.73. The molecule has 154 valence electrons. The van der Waals surface area contributed by atoms with Crippen molar-refractivity contribution in [2.24, 2.45) is 0 Å². The first-order valence-corrected chi connectivity index (χ1v) is 10.6. The van der Waals surface area contributed by atoms with Gasteiger partial charge in [-0.25, -0.2) is 0 Å². The first kappa shape index (κ1) is 20.2. The fourth-order valence-corrected chi connectivity index (χ4v) is 4.10. The molecular formula is C23H28ClN3O2. The molecule has 5 nitrogen and oxygen atoms in total. The van der Waals surface area contributed by atoms with E-state index in [0.29, 0.717) is 24.1 Å². The van der Waals surface area contributed by atoms with Crippen molar-refractivity contribution in [1.29, 1.82) is 0 Å². The summed E-state index contributed by atoms with van der Waals surface area (Å²) in [5.41, 5.74) is 5.67. The lowest BCUT2D eigenvalue weighted by Crippen LogP contribution is -2.37. The Morgan fingerprint density at radius 3 is 2.79 bits per heavy atom. The maximum atomic E-state index is 13.3. The molecule has 4 rings (SSSR count). The Kier molecular flexibility index (Phi) is 6.09. The van der Waals surface area contributed by atoms with Crippen LogP contribution in [-0.2, 0) is 22.6 Å². The third kappa shape index (κ3) is 4.74. The van der Waals surface area contributed by atoms with E-state index in [-0.39, 0.29) is 5.91 Å². The van der Waals surface area contributed by atoms with Crippen molar-refractivity contribution in [3.05, 3.63) is 63.7 Å². The summed E-state index contributed by atoms with van der Waals surface area (Å²) in [5, 5.41) is 7.52. The summed E-state index contributed by atoms with van der Waals surface area (Å²) in [7, 11) is 3.46. The van der Waals surface area contributed by atoms with Crippen LogP contribution in [0.4, 0.5) is 5.69 Å². The number of halogens is 1. The number of fused-ring (bicyclic) bond motifs is 1. The number of benzene rings is 2. The lowest BCUT2D eigenvalue weighted by atomic mass is 9.99. The van der Waals surface area contributed by atoms with Gasteiger partial charge in [0.25, 0.3) is 0 Å². The molecule has 2 aliphatic rings. The minimum absolute atomic E-state index is 0.00434. The topological polar surface area (TPSA) is 53.6 Å². The Hall–Kier alpha value is -2.08. The molecule has 0 saturated heterocycles. The average molecular weight is 414 g/mol. The van der Waals surface area contributed by atoms with Gasteiger partial charge in [0.1, 0.15) is 6.04 Å². The second-order valence-electron chi connectivity index (χ2n) is 8.01. The SMILES string of the molecule is COCCN(C)C(=O)[C@H](Nc1ccc2c(c1)CNC2)c1cc(Cl)cc(C2CC2)c1. The number of amides is 1. The minimum Gasteiger partial charge on any atom is -0.383 e. The molecule has 1 aliphatic carbocycles. The highest BCUT2D eigenvalue weighted by atomic mass is 35.5. The van der Waals surface area contributed by atoms with E-state index in [1.807, 2.05) is 25.2 Å². The zero-order valence-electron chi connectivity index (χ0n) is 17.0. The first-order valence-electron chi connectivity index (χ1n) is 10.2. The number of anilines is 1. The molecule has 0 unspecified atom stereocenters. The third-order valence-corrected chi connectivity index (χ3v) is 5.94. The second kappa shape index (κ2) is 8.74. The number of nitrogens with zero attached hydrogens (tertiary/aromatic N) is 1. The molecule has 1 amide bonds. The van der Waals surface area contributed by atoms with Gasteiger partial charge >= 0.3 is 0 Å². The molecule has 2 aromatic rings. The number of rotatable bonds is 8. The molecule has 0 radical (unpaired) electrons. The van der Waals surface area contributed by atoms with E-state index >= 15 is 0 Å². The summed E-state index contributed by atoms with van der Waals surface area (Å²) in [5.74, 6) is 0.574. The first-order chi connectivity index (χ1) is 14.0. The van der Waals surface area contributed by atoms with E-state index in [4.69, 9.17) is 16.3 Å². The van der Waals surface area contributed by atoms with Crippen LogP contribution in [0.15, 0.2) is 36.4 Å². The van der Waals surface area contributed by atoms with Crippen molar-refractivity contribution >= 4 is 23.2 Å². The molecule has 0 bridgehead atoms. The van der Waals surface area contributed by atoms with Gasteiger partial charge in [0.15, 0.2) is 0 Å². The van der Waals surface area contributed by atoms with Crippen LogP contribution in [0.3, 0.4) is 0 Å². The quantitative estimate of drug-likeness (QED) is 0.684. The van der Waals surface area contributed by atoms with Crippen LogP contribution in [-0.4, -0.2) is 38.1 Å². The second-order valence-corrected chi connectivity index (χ2v) is 8.45. The molecule has 2 aromatic carbocycles. The number of hydrogen-bond donors (Lipinski definition) is 2. The highest BCUT2D eigenvalue weighted by molar-refractivity contribution is 6.30. The molecule has 2 N–H and O–H groups in total. The number of hydrogen-bond acceptors (Lipinski definition) is 4. The smallest absolute Gasteiger partial charge is 0.249 e. The predicted octanol–water partition coefficient (Wildman–Crippen LogP) is 4.08. The van der Waals surface area contributed by atoms with Gasteiger partial charge in [0.2, 0.25) is 5.91 Å². The molecule has 6 heteroatoms. The maximum Gasteiger partial charge on any atom is 0.249 e. The van der Waals surface area contributed by atoms with E-state index in [2.05, 4.69) is 28.8 Å². The van der Waals surface area contributed by atoms with Crippen molar-refractivity contribution in [3.63, 3.8) is 0 Å². The summed E-state index contributed by atoms with van der Waals surface area (Å²) in [6.07, 6.45) is 2.38. The van der Waals surface area contributed by atoms with Crippen LogP contribution < -0.4 is 10.6 Å².